The molecular formula is C40H52N4O7S. The van der Waals surface area contributed by atoms with Gasteiger partial charge in [-0.1, -0.05) is 52.0 Å². The number of aliphatic hydroxyl groups is 1. The number of ketones is 1. The van der Waals surface area contributed by atoms with Gasteiger partial charge in [0.25, 0.3) is 5.69 Å². The second-order valence-electron chi connectivity index (χ2n) is 15.9. The number of nitro groups is 1. The van der Waals surface area contributed by atoms with Crippen molar-refractivity contribution in [2.75, 3.05) is 48.7 Å². The van der Waals surface area contributed by atoms with Crippen LogP contribution in [0, 0.1) is 44.1 Å². The topological polar surface area (TPSA) is 142 Å². The number of ether oxygens (including phenoxy) is 1. The summed E-state index contributed by atoms with van der Waals surface area (Å²) < 4.78 is 6.42. The first-order chi connectivity index (χ1) is 24.7. The highest BCUT2D eigenvalue weighted by Crippen LogP contribution is 2.68. The Kier molecular flexibility index (Phi) is 10.9. The molecule has 6 rings (SSSR count). The van der Waals surface area contributed by atoms with Crippen LogP contribution in [0.5, 0.6) is 0 Å². The SMILES string of the molecule is C=C[C@]1(C)C[C@@H](OC(=O)CSc2ccccc2NC(=O)CN2CCN(c3cccc([N+](=O)[O-])c3)CC2)[C@]2(C)[C@H](C)CC[C@]3(CCC(=O)[C@H]32)[C@@H](C)[C@@H]1O. The molecule has 1 heterocycles. The van der Waals surface area contributed by atoms with Crippen LogP contribution in [0.3, 0.4) is 0 Å². The molecule has 2 bridgehead atoms. The van der Waals surface area contributed by atoms with Crippen molar-refractivity contribution >= 4 is 46.5 Å². The van der Waals surface area contributed by atoms with Gasteiger partial charge in [0.05, 0.1) is 29.0 Å². The molecule has 12 heteroatoms. The van der Waals surface area contributed by atoms with Crippen molar-refractivity contribution in [3.63, 3.8) is 0 Å². The Balaban J connectivity index is 1.09. The van der Waals surface area contributed by atoms with E-state index in [1.165, 1.54) is 17.8 Å². The number of nitro benzene ring substituents is 1. The first-order valence-corrected chi connectivity index (χ1v) is 19.5. The number of non-ortho nitro benzene ring substituents is 1. The summed E-state index contributed by atoms with van der Waals surface area (Å²) in [6, 6.07) is 14.0. The number of aliphatic hydroxyl groups excluding tert-OH is 1. The second kappa shape index (κ2) is 14.9. The number of thioether (sulfide) groups is 1. The Labute approximate surface area is 310 Å². The van der Waals surface area contributed by atoms with Crippen LogP contribution < -0.4 is 10.2 Å². The molecule has 0 aromatic heterocycles. The maximum Gasteiger partial charge on any atom is 0.316 e. The molecule has 52 heavy (non-hydrogen) atoms. The van der Waals surface area contributed by atoms with Crippen molar-refractivity contribution in [2.45, 2.75) is 76.9 Å². The van der Waals surface area contributed by atoms with Gasteiger partial charge in [-0.15, -0.1) is 18.3 Å². The fourth-order valence-corrected chi connectivity index (χ4v) is 10.7. The number of carbonyl (C=O) groups excluding carboxylic acids is 3. The van der Waals surface area contributed by atoms with Crippen molar-refractivity contribution in [3.8, 4) is 0 Å². The summed E-state index contributed by atoms with van der Waals surface area (Å²) in [7, 11) is 0. The van der Waals surface area contributed by atoms with Crippen LogP contribution >= 0.6 is 11.8 Å². The number of Topliss-reactive ketones (excluding diaryl/α,β-unsaturated/α-hetero) is 1. The number of para-hydroxylation sites is 1. The van der Waals surface area contributed by atoms with Gasteiger partial charge in [-0.3, -0.25) is 29.4 Å². The van der Waals surface area contributed by atoms with Gasteiger partial charge in [0.15, 0.2) is 0 Å². The zero-order chi connectivity index (χ0) is 37.4. The number of anilines is 2. The van der Waals surface area contributed by atoms with E-state index in [1.807, 2.05) is 37.3 Å². The summed E-state index contributed by atoms with van der Waals surface area (Å²) in [6.45, 7) is 15.2. The summed E-state index contributed by atoms with van der Waals surface area (Å²) in [5.74, 6) is -0.569. The highest BCUT2D eigenvalue weighted by Gasteiger charge is 2.68. The molecule has 3 saturated carbocycles. The molecule has 4 fully saturated rings. The lowest BCUT2D eigenvalue weighted by atomic mass is 9.44. The molecule has 11 nitrogen and oxygen atoms in total. The lowest BCUT2D eigenvalue weighted by Gasteiger charge is -2.61. The van der Waals surface area contributed by atoms with Crippen molar-refractivity contribution in [2.24, 2.45) is 34.0 Å². The minimum Gasteiger partial charge on any atom is -0.461 e. The molecule has 2 aromatic carbocycles. The van der Waals surface area contributed by atoms with Crippen LogP contribution in [0.1, 0.15) is 59.8 Å². The summed E-state index contributed by atoms with van der Waals surface area (Å²) in [4.78, 5) is 56.3. The van der Waals surface area contributed by atoms with Crippen LogP contribution in [0.25, 0.3) is 0 Å². The number of carbonyl (C=O) groups is 3. The fourth-order valence-electron chi connectivity index (χ4n) is 9.89. The Bertz CT molecular complexity index is 1710. The van der Waals surface area contributed by atoms with Crippen LogP contribution in [0.15, 0.2) is 66.1 Å². The van der Waals surface area contributed by atoms with Crippen molar-refractivity contribution in [3.05, 3.63) is 71.3 Å². The number of amides is 1. The largest absolute Gasteiger partial charge is 0.461 e. The molecule has 1 amide bonds. The lowest BCUT2D eigenvalue weighted by molar-refractivity contribution is -0.384. The van der Waals surface area contributed by atoms with E-state index in [0.29, 0.717) is 44.7 Å². The molecular weight excluding hydrogens is 681 g/mol. The zero-order valence-corrected chi connectivity index (χ0v) is 31.5. The molecule has 4 aliphatic rings. The van der Waals surface area contributed by atoms with Crippen LogP contribution in [0.2, 0.25) is 0 Å². The van der Waals surface area contributed by atoms with Crippen molar-refractivity contribution < 1.29 is 29.2 Å². The molecule has 0 unspecified atom stereocenters. The lowest BCUT2D eigenvalue weighted by Crippen LogP contribution is -2.63. The summed E-state index contributed by atoms with van der Waals surface area (Å²) in [5, 5.41) is 26.0. The third-order valence-electron chi connectivity index (χ3n) is 13.2. The number of rotatable bonds is 10. The molecule has 2 N–H and O–H groups in total. The van der Waals surface area contributed by atoms with Gasteiger partial charge in [-0.05, 0) is 61.1 Å². The predicted octanol–water partition coefficient (Wildman–Crippen LogP) is 6.35. The minimum absolute atomic E-state index is 0.0148. The highest BCUT2D eigenvalue weighted by atomic mass is 32.2. The number of nitrogens with one attached hydrogen (secondary N) is 1. The number of benzene rings is 2. The first kappa shape index (κ1) is 38.0. The Hall–Kier alpha value is -3.74. The Morgan fingerprint density at radius 2 is 1.85 bits per heavy atom. The molecule has 0 radical (unpaired) electrons. The summed E-state index contributed by atoms with van der Waals surface area (Å²) in [6.07, 6.45) is 3.90. The van der Waals surface area contributed by atoms with E-state index < -0.39 is 33.9 Å². The van der Waals surface area contributed by atoms with Gasteiger partial charge < -0.3 is 20.1 Å². The maximum absolute atomic E-state index is 13.7. The van der Waals surface area contributed by atoms with Crippen molar-refractivity contribution in [1.82, 2.24) is 4.90 Å². The smallest absolute Gasteiger partial charge is 0.316 e. The van der Waals surface area contributed by atoms with Crippen LogP contribution in [-0.4, -0.2) is 83.3 Å². The van der Waals surface area contributed by atoms with Gasteiger partial charge >= 0.3 is 5.97 Å². The highest BCUT2D eigenvalue weighted by molar-refractivity contribution is 8.00. The van der Waals surface area contributed by atoms with Gasteiger partial charge in [0.2, 0.25) is 5.91 Å². The molecule has 3 aliphatic carbocycles. The van der Waals surface area contributed by atoms with Gasteiger partial charge in [0.1, 0.15) is 11.9 Å². The quantitative estimate of drug-likeness (QED) is 0.0933. The standard InChI is InChI=1S/C40H52N4O7S/c1-6-38(4)23-33(39(5)26(2)14-16-40(27(3)37(38)48)17-15-31(45)36(39)40)51-35(47)25-52-32-13-8-7-12-30(32)41-34(46)24-42-18-20-43(21-19-42)28-10-9-11-29(22-28)44(49)50/h6-13,22,26-27,33,36-37,48H,1,14-21,23-25H2,2-5H3,(H,41,46)/t26-,27+,33-,36+,37+,38-,39+,40+/m1/s1. The predicted molar refractivity (Wildman–Crippen MR) is 202 cm³/mol. The zero-order valence-electron chi connectivity index (χ0n) is 30.7. The average Bonchev–Trinajstić information content (AvgIpc) is 3.49. The minimum atomic E-state index is -0.723. The molecule has 8 atom stereocenters. The monoisotopic (exact) mass is 732 g/mol. The van der Waals surface area contributed by atoms with E-state index in [1.54, 1.807) is 18.2 Å². The number of piperazine rings is 1. The van der Waals surface area contributed by atoms with Crippen LogP contribution in [0.4, 0.5) is 17.1 Å². The average molecular weight is 733 g/mol. The third-order valence-corrected chi connectivity index (χ3v) is 14.3. The number of esters is 1. The van der Waals surface area contributed by atoms with Crippen molar-refractivity contribution in [1.29, 1.82) is 0 Å². The Morgan fingerprint density at radius 3 is 2.56 bits per heavy atom. The molecule has 2 aromatic rings. The van der Waals surface area contributed by atoms with Crippen LogP contribution in [-0.2, 0) is 19.1 Å². The van der Waals surface area contributed by atoms with E-state index in [-0.39, 0.29) is 52.8 Å². The number of nitrogens with zero attached hydrogens (tertiary/aromatic N) is 3. The number of hydrogen-bond donors (Lipinski definition) is 2. The third kappa shape index (κ3) is 7.01. The first-order valence-electron chi connectivity index (χ1n) is 18.5. The summed E-state index contributed by atoms with van der Waals surface area (Å²) >= 11 is 1.30. The summed E-state index contributed by atoms with van der Waals surface area (Å²) in [5.41, 5.74) is -0.165. The normalized spacial score (nSPS) is 33.4. The van der Waals surface area contributed by atoms with Gasteiger partial charge in [0, 0.05) is 72.1 Å². The Morgan fingerprint density at radius 1 is 1.12 bits per heavy atom. The second-order valence-corrected chi connectivity index (χ2v) is 17.0. The fraction of sp³-hybridized carbons (Fsp3) is 0.575. The van der Waals surface area contributed by atoms with E-state index in [0.717, 1.165) is 29.8 Å². The van der Waals surface area contributed by atoms with E-state index in [2.05, 4.69) is 42.5 Å². The molecule has 0 spiro atoms. The van der Waals surface area contributed by atoms with E-state index in [9.17, 15) is 29.6 Å². The molecule has 1 saturated heterocycles. The number of hydrogen-bond acceptors (Lipinski definition) is 10. The molecule has 1 aliphatic heterocycles. The van der Waals surface area contributed by atoms with E-state index in [4.69, 9.17) is 4.74 Å². The maximum atomic E-state index is 13.7. The molecule has 280 valence electrons. The van der Waals surface area contributed by atoms with Gasteiger partial charge in [-0.2, -0.15) is 0 Å². The van der Waals surface area contributed by atoms with E-state index >= 15 is 0 Å². The van der Waals surface area contributed by atoms with Gasteiger partial charge in [-0.25, -0.2) is 0 Å².